The summed E-state index contributed by atoms with van der Waals surface area (Å²) in [5.74, 6) is -2.68. The lowest BCUT2D eigenvalue weighted by atomic mass is 10.2. The second kappa shape index (κ2) is 6.16. The van der Waals surface area contributed by atoms with Crippen molar-refractivity contribution in [3.8, 4) is 0 Å². The highest BCUT2D eigenvalue weighted by atomic mass is 35.5. The summed E-state index contributed by atoms with van der Waals surface area (Å²) in [6.07, 6.45) is 1.37. The van der Waals surface area contributed by atoms with E-state index in [2.05, 4.69) is 6.58 Å². The summed E-state index contributed by atoms with van der Waals surface area (Å²) in [6, 6.07) is 3.59. The van der Waals surface area contributed by atoms with Crippen molar-refractivity contribution in [2.75, 3.05) is 13.1 Å². The van der Waals surface area contributed by atoms with Crippen molar-refractivity contribution in [3.63, 3.8) is 0 Å². The lowest BCUT2D eigenvalue weighted by molar-refractivity contribution is -0.137. The first-order valence-corrected chi connectivity index (χ1v) is 5.40. The van der Waals surface area contributed by atoms with Crippen LogP contribution in [0.15, 0.2) is 30.9 Å². The molecule has 0 spiro atoms. The number of hydrogen-bond donors (Lipinski definition) is 1. The van der Waals surface area contributed by atoms with E-state index in [1.54, 1.807) is 0 Å². The van der Waals surface area contributed by atoms with Crippen LogP contribution in [0.4, 0.5) is 4.39 Å². The summed E-state index contributed by atoms with van der Waals surface area (Å²) in [5, 5.41) is 8.84. The summed E-state index contributed by atoms with van der Waals surface area (Å²) >= 11 is 5.57. The molecule has 0 saturated carbocycles. The fourth-order valence-electron chi connectivity index (χ4n) is 1.37. The molecule has 1 rings (SSSR count). The van der Waals surface area contributed by atoms with Crippen molar-refractivity contribution in [2.24, 2.45) is 0 Å². The Morgan fingerprint density at radius 1 is 1.50 bits per heavy atom. The van der Waals surface area contributed by atoms with Gasteiger partial charge in [-0.1, -0.05) is 17.7 Å². The van der Waals surface area contributed by atoms with E-state index in [9.17, 15) is 14.0 Å². The highest BCUT2D eigenvalue weighted by molar-refractivity contribution is 6.30. The smallest absolute Gasteiger partial charge is 0.323 e. The standard InChI is InChI=1S/C12H11ClFNO3/c1-2-5-15(7-11(16)17)12(18)9-4-3-8(13)6-10(9)14/h2-4,6H,1,5,7H2,(H,16,17). The SMILES string of the molecule is C=CCN(CC(=O)O)C(=O)c1ccc(Cl)cc1F. The Morgan fingerprint density at radius 2 is 2.17 bits per heavy atom. The Bertz CT molecular complexity index is 490. The maximum Gasteiger partial charge on any atom is 0.323 e. The van der Waals surface area contributed by atoms with E-state index in [4.69, 9.17) is 16.7 Å². The van der Waals surface area contributed by atoms with Gasteiger partial charge in [-0.2, -0.15) is 0 Å². The molecule has 1 N–H and O–H groups in total. The van der Waals surface area contributed by atoms with Gasteiger partial charge in [0.05, 0.1) is 5.56 Å². The Kier molecular flexibility index (Phi) is 4.85. The van der Waals surface area contributed by atoms with E-state index in [1.165, 1.54) is 18.2 Å². The van der Waals surface area contributed by atoms with Crippen LogP contribution in [-0.2, 0) is 4.79 Å². The van der Waals surface area contributed by atoms with Gasteiger partial charge in [-0.15, -0.1) is 6.58 Å². The zero-order valence-corrected chi connectivity index (χ0v) is 10.2. The second-order valence-electron chi connectivity index (χ2n) is 3.49. The van der Waals surface area contributed by atoms with Crippen LogP contribution in [0.2, 0.25) is 5.02 Å². The first-order valence-electron chi connectivity index (χ1n) is 5.02. The minimum atomic E-state index is -1.18. The van der Waals surface area contributed by atoms with Crippen LogP contribution in [0.25, 0.3) is 0 Å². The average molecular weight is 272 g/mol. The van der Waals surface area contributed by atoms with E-state index in [1.807, 2.05) is 0 Å². The molecule has 96 valence electrons. The van der Waals surface area contributed by atoms with Crippen LogP contribution in [0.1, 0.15) is 10.4 Å². The molecular formula is C12H11ClFNO3. The molecule has 0 unspecified atom stereocenters. The molecule has 4 nitrogen and oxygen atoms in total. The van der Waals surface area contributed by atoms with Gasteiger partial charge < -0.3 is 10.0 Å². The fraction of sp³-hybridized carbons (Fsp3) is 0.167. The maximum atomic E-state index is 13.5. The molecule has 0 aliphatic rings. The van der Waals surface area contributed by atoms with Gasteiger partial charge in [0.25, 0.3) is 5.91 Å². The van der Waals surface area contributed by atoms with Crippen molar-refractivity contribution in [1.29, 1.82) is 0 Å². The number of amides is 1. The van der Waals surface area contributed by atoms with Gasteiger partial charge in [0, 0.05) is 11.6 Å². The first-order chi connectivity index (χ1) is 8.45. The first kappa shape index (κ1) is 14.2. The normalized spacial score (nSPS) is 9.89. The molecule has 0 aliphatic heterocycles. The number of carboxylic acid groups (broad SMARTS) is 1. The Balaban J connectivity index is 3.01. The van der Waals surface area contributed by atoms with Gasteiger partial charge in [0.2, 0.25) is 0 Å². The van der Waals surface area contributed by atoms with Gasteiger partial charge in [-0.05, 0) is 18.2 Å². The van der Waals surface area contributed by atoms with E-state index in [0.717, 1.165) is 11.0 Å². The third-order valence-corrected chi connectivity index (χ3v) is 2.36. The number of aliphatic carboxylic acids is 1. The minimum absolute atomic E-state index is 0.0210. The molecule has 6 heteroatoms. The lowest BCUT2D eigenvalue weighted by Gasteiger charge is -2.19. The number of carbonyl (C=O) groups is 2. The zero-order chi connectivity index (χ0) is 13.7. The lowest BCUT2D eigenvalue weighted by Crippen LogP contribution is -2.36. The maximum absolute atomic E-state index is 13.5. The number of halogens is 2. The topological polar surface area (TPSA) is 57.6 Å². The number of carboxylic acids is 1. The molecule has 0 saturated heterocycles. The summed E-state index contributed by atoms with van der Waals surface area (Å²) < 4.78 is 13.5. The van der Waals surface area contributed by atoms with E-state index < -0.39 is 24.2 Å². The molecule has 0 atom stereocenters. The van der Waals surface area contributed by atoms with Crippen LogP contribution in [0.3, 0.4) is 0 Å². The van der Waals surface area contributed by atoms with E-state index in [-0.39, 0.29) is 17.1 Å². The van der Waals surface area contributed by atoms with Gasteiger partial charge >= 0.3 is 5.97 Å². The predicted molar refractivity (Wildman–Crippen MR) is 65.1 cm³/mol. The van der Waals surface area contributed by atoms with Crippen molar-refractivity contribution < 1.29 is 19.1 Å². The van der Waals surface area contributed by atoms with Crippen LogP contribution in [0.5, 0.6) is 0 Å². The summed E-state index contributed by atoms with van der Waals surface area (Å²) in [5.41, 5.74) is -0.220. The third kappa shape index (κ3) is 3.56. The molecular weight excluding hydrogens is 261 g/mol. The zero-order valence-electron chi connectivity index (χ0n) is 9.40. The number of hydrogen-bond acceptors (Lipinski definition) is 2. The van der Waals surface area contributed by atoms with Crippen LogP contribution in [-0.4, -0.2) is 35.0 Å². The number of benzene rings is 1. The quantitative estimate of drug-likeness (QED) is 0.835. The largest absolute Gasteiger partial charge is 0.480 e. The van der Waals surface area contributed by atoms with Gasteiger partial charge in [0.15, 0.2) is 0 Å². The number of nitrogens with zero attached hydrogens (tertiary/aromatic N) is 1. The van der Waals surface area contributed by atoms with Gasteiger partial charge in [-0.3, -0.25) is 9.59 Å². The summed E-state index contributed by atoms with van der Waals surface area (Å²) in [7, 11) is 0. The number of rotatable bonds is 5. The van der Waals surface area contributed by atoms with Crippen LogP contribution in [0, 0.1) is 5.82 Å². The van der Waals surface area contributed by atoms with Gasteiger partial charge in [0.1, 0.15) is 12.4 Å². The van der Waals surface area contributed by atoms with Gasteiger partial charge in [-0.25, -0.2) is 4.39 Å². The van der Waals surface area contributed by atoms with Crippen LogP contribution < -0.4 is 0 Å². The van der Waals surface area contributed by atoms with Crippen molar-refractivity contribution in [1.82, 2.24) is 4.90 Å². The molecule has 0 bridgehead atoms. The predicted octanol–water partition coefficient (Wildman–Crippen LogP) is 2.19. The summed E-state index contributed by atoms with van der Waals surface area (Å²) in [6.45, 7) is 2.92. The molecule has 0 aromatic heterocycles. The summed E-state index contributed by atoms with van der Waals surface area (Å²) in [4.78, 5) is 23.5. The Morgan fingerprint density at radius 3 is 2.67 bits per heavy atom. The molecule has 18 heavy (non-hydrogen) atoms. The Hall–Kier alpha value is -1.88. The van der Waals surface area contributed by atoms with Crippen molar-refractivity contribution in [2.45, 2.75) is 0 Å². The van der Waals surface area contributed by atoms with E-state index in [0.29, 0.717) is 0 Å². The van der Waals surface area contributed by atoms with Crippen LogP contribution >= 0.6 is 11.6 Å². The van der Waals surface area contributed by atoms with Crippen molar-refractivity contribution in [3.05, 3.63) is 47.3 Å². The fourth-order valence-corrected chi connectivity index (χ4v) is 1.53. The average Bonchev–Trinajstić information content (AvgIpc) is 2.27. The minimum Gasteiger partial charge on any atom is -0.480 e. The monoisotopic (exact) mass is 271 g/mol. The molecule has 0 fully saturated rings. The molecule has 1 amide bonds. The Labute approximate surface area is 108 Å². The second-order valence-corrected chi connectivity index (χ2v) is 3.93. The van der Waals surface area contributed by atoms with Crippen molar-refractivity contribution >= 4 is 23.5 Å². The third-order valence-electron chi connectivity index (χ3n) is 2.12. The highest BCUT2D eigenvalue weighted by Gasteiger charge is 2.20. The molecule has 1 aromatic carbocycles. The molecule has 0 heterocycles. The highest BCUT2D eigenvalue weighted by Crippen LogP contribution is 2.16. The van der Waals surface area contributed by atoms with E-state index >= 15 is 0 Å². The molecule has 0 aliphatic carbocycles. The number of carbonyl (C=O) groups excluding carboxylic acids is 1. The molecule has 1 aromatic rings. The molecule has 0 radical (unpaired) electrons.